The van der Waals surface area contributed by atoms with E-state index < -0.39 is 0 Å². The Morgan fingerprint density at radius 1 is 1.22 bits per heavy atom. The van der Waals surface area contributed by atoms with Crippen molar-refractivity contribution in [3.63, 3.8) is 0 Å². The summed E-state index contributed by atoms with van der Waals surface area (Å²) in [6.07, 6.45) is 3.56. The van der Waals surface area contributed by atoms with Crippen molar-refractivity contribution in [2.75, 3.05) is 5.32 Å². The second-order valence-corrected chi connectivity index (χ2v) is 3.92. The second-order valence-electron chi connectivity index (χ2n) is 3.92. The summed E-state index contributed by atoms with van der Waals surface area (Å²) in [4.78, 5) is 7.32. The molecule has 86 valence electrons. The smallest absolute Gasteiger partial charge is 0.148 e. The molecule has 0 unspecified atom stereocenters. The van der Waals surface area contributed by atoms with Gasteiger partial charge < -0.3 is 10.3 Å². The third-order valence-corrected chi connectivity index (χ3v) is 2.75. The normalized spacial score (nSPS) is 10.2. The van der Waals surface area contributed by atoms with Crippen LogP contribution in [0.15, 0.2) is 48.8 Å². The van der Waals surface area contributed by atoms with Crippen molar-refractivity contribution >= 4 is 22.4 Å². The van der Waals surface area contributed by atoms with E-state index in [0.29, 0.717) is 11.4 Å². The van der Waals surface area contributed by atoms with Gasteiger partial charge in [0.15, 0.2) is 0 Å². The summed E-state index contributed by atoms with van der Waals surface area (Å²) in [5.41, 5.74) is 2.48. The zero-order chi connectivity index (χ0) is 12.4. The number of nitrogens with one attached hydrogen (secondary N) is 2. The Bertz CT molecular complexity index is 737. The first-order chi connectivity index (χ1) is 8.86. The van der Waals surface area contributed by atoms with E-state index in [2.05, 4.69) is 21.4 Å². The van der Waals surface area contributed by atoms with Gasteiger partial charge in [-0.05, 0) is 35.7 Å². The standard InChI is InChI=1S/C14H10N4/c15-9-11-2-1-6-17-14(11)18-12-4-3-10-5-7-16-13(10)8-12/h1-8,16H,(H,17,18). The minimum absolute atomic E-state index is 0.532. The third-order valence-electron chi connectivity index (χ3n) is 2.75. The van der Waals surface area contributed by atoms with Gasteiger partial charge in [0.25, 0.3) is 0 Å². The van der Waals surface area contributed by atoms with Gasteiger partial charge in [-0.3, -0.25) is 0 Å². The SMILES string of the molecule is N#Cc1cccnc1Nc1ccc2cc[nH]c2c1. The number of nitriles is 1. The summed E-state index contributed by atoms with van der Waals surface area (Å²) in [5, 5.41) is 13.3. The van der Waals surface area contributed by atoms with Gasteiger partial charge in [-0.2, -0.15) is 5.26 Å². The van der Waals surface area contributed by atoms with Crippen molar-refractivity contribution in [1.82, 2.24) is 9.97 Å². The Hall–Kier alpha value is -2.80. The van der Waals surface area contributed by atoms with Gasteiger partial charge in [0.05, 0.1) is 5.56 Å². The average Bonchev–Trinajstić information content (AvgIpc) is 2.87. The van der Waals surface area contributed by atoms with Crippen LogP contribution < -0.4 is 5.32 Å². The maximum absolute atomic E-state index is 9.00. The van der Waals surface area contributed by atoms with Crippen LogP contribution in [0.3, 0.4) is 0 Å². The van der Waals surface area contributed by atoms with Crippen molar-refractivity contribution in [1.29, 1.82) is 5.26 Å². The number of nitrogens with zero attached hydrogens (tertiary/aromatic N) is 2. The molecule has 0 aliphatic heterocycles. The molecule has 2 N–H and O–H groups in total. The number of rotatable bonds is 2. The summed E-state index contributed by atoms with van der Waals surface area (Å²) in [6, 6.07) is 13.6. The lowest BCUT2D eigenvalue weighted by Crippen LogP contribution is -1.96. The van der Waals surface area contributed by atoms with E-state index in [4.69, 9.17) is 5.26 Å². The highest BCUT2D eigenvalue weighted by molar-refractivity contribution is 5.83. The largest absolute Gasteiger partial charge is 0.361 e. The molecule has 3 aromatic rings. The van der Waals surface area contributed by atoms with Crippen LogP contribution in [0.1, 0.15) is 5.56 Å². The van der Waals surface area contributed by atoms with E-state index in [1.54, 1.807) is 18.3 Å². The summed E-state index contributed by atoms with van der Waals surface area (Å²) in [7, 11) is 0. The average molecular weight is 234 g/mol. The van der Waals surface area contributed by atoms with Crippen molar-refractivity contribution in [2.24, 2.45) is 0 Å². The Morgan fingerprint density at radius 3 is 3.06 bits per heavy atom. The van der Waals surface area contributed by atoms with Crippen LogP contribution in [0.2, 0.25) is 0 Å². The molecule has 2 heterocycles. The number of benzene rings is 1. The molecule has 1 aromatic carbocycles. The molecular weight excluding hydrogens is 224 g/mol. The second kappa shape index (κ2) is 4.22. The maximum Gasteiger partial charge on any atom is 0.148 e. The van der Waals surface area contributed by atoms with E-state index in [-0.39, 0.29) is 0 Å². The van der Waals surface area contributed by atoms with Gasteiger partial charge in [-0.1, -0.05) is 6.07 Å². The van der Waals surface area contributed by atoms with E-state index in [1.165, 1.54) is 0 Å². The molecule has 0 bridgehead atoms. The molecule has 0 spiro atoms. The van der Waals surface area contributed by atoms with E-state index >= 15 is 0 Å². The maximum atomic E-state index is 9.00. The summed E-state index contributed by atoms with van der Waals surface area (Å²) < 4.78 is 0. The lowest BCUT2D eigenvalue weighted by atomic mass is 10.2. The highest BCUT2D eigenvalue weighted by atomic mass is 15.0. The Labute approximate surface area is 104 Å². The van der Waals surface area contributed by atoms with Crippen molar-refractivity contribution < 1.29 is 0 Å². The molecule has 0 atom stereocenters. The first kappa shape index (κ1) is 10.4. The Kier molecular flexibility index (Phi) is 2.43. The topological polar surface area (TPSA) is 64.5 Å². The molecule has 0 fully saturated rings. The zero-order valence-electron chi connectivity index (χ0n) is 9.51. The summed E-state index contributed by atoms with van der Waals surface area (Å²) >= 11 is 0. The summed E-state index contributed by atoms with van der Waals surface area (Å²) in [6.45, 7) is 0. The van der Waals surface area contributed by atoms with E-state index in [1.807, 2.05) is 30.5 Å². The lowest BCUT2D eigenvalue weighted by molar-refractivity contribution is 1.29. The minimum atomic E-state index is 0.532. The van der Waals surface area contributed by atoms with Gasteiger partial charge in [0.2, 0.25) is 0 Å². The van der Waals surface area contributed by atoms with Crippen LogP contribution in [-0.4, -0.2) is 9.97 Å². The van der Waals surface area contributed by atoms with Gasteiger partial charge in [0.1, 0.15) is 11.9 Å². The van der Waals surface area contributed by atoms with Crippen LogP contribution in [0.5, 0.6) is 0 Å². The predicted molar refractivity (Wildman–Crippen MR) is 70.5 cm³/mol. The van der Waals surface area contributed by atoms with Gasteiger partial charge in [-0.15, -0.1) is 0 Å². The molecular formula is C14H10N4. The number of aromatic amines is 1. The molecule has 0 amide bonds. The van der Waals surface area contributed by atoms with Crippen LogP contribution >= 0.6 is 0 Å². The molecule has 2 aromatic heterocycles. The number of anilines is 2. The number of H-pyrrole nitrogens is 1. The molecule has 4 nitrogen and oxygen atoms in total. The first-order valence-corrected chi connectivity index (χ1v) is 5.56. The van der Waals surface area contributed by atoms with Gasteiger partial charge >= 0.3 is 0 Å². The fourth-order valence-corrected chi connectivity index (χ4v) is 1.86. The third kappa shape index (κ3) is 1.78. The van der Waals surface area contributed by atoms with E-state index in [0.717, 1.165) is 16.6 Å². The van der Waals surface area contributed by atoms with Crippen molar-refractivity contribution in [3.8, 4) is 6.07 Å². The van der Waals surface area contributed by atoms with Gasteiger partial charge in [-0.25, -0.2) is 4.98 Å². The monoisotopic (exact) mass is 234 g/mol. The number of hydrogen-bond acceptors (Lipinski definition) is 3. The molecule has 0 aliphatic carbocycles. The first-order valence-electron chi connectivity index (χ1n) is 5.56. The van der Waals surface area contributed by atoms with Crippen LogP contribution in [0.25, 0.3) is 10.9 Å². The molecule has 3 rings (SSSR count). The Balaban J connectivity index is 1.98. The molecule has 18 heavy (non-hydrogen) atoms. The molecule has 0 aliphatic rings. The number of pyridine rings is 1. The van der Waals surface area contributed by atoms with Crippen molar-refractivity contribution in [3.05, 3.63) is 54.4 Å². The van der Waals surface area contributed by atoms with Crippen LogP contribution in [-0.2, 0) is 0 Å². The van der Waals surface area contributed by atoms with Gasteiger partial charge in [0, 0.05) is 23.6 Å². The number of aromatic nitrogens is 2. The highest BCUT2D eigenvalue weighted by Gasteiger charge is 2.03. The predicted octanol–water partition coefficient (Wildman–Crippen LogP) is 3.18. The fraction of sp³-hybridized carbons (Fsp3) is 0. The molecule has 0 saturated carbocycles. The van der Waals surface area contributed by atoms with Crippen LogP contribution in [0.4, 0.5) is 11.5 Å². The molecule has 4 heteroatoms. The zero-order valence-corrected chi connectivity index (χ0v) is 9.51. The van der Waals surface area contributed by atoms with Crippen LogP contribution in [0, 0.1) is 11.3 Å². The van der Waals surface area contributed by atoms with E-state index in [9.17, 15) is 0 Å². The number of hydrogen-bond donors (Lipinski definition) is 2. The molecule has 0 saturated heterocycles. The quantitative estimate of drug-likeness (QED) is 0.715. The highest BCUT2D eigenvalue weighted by Crippen LogP contribution is 2.21. The van der Waals surface area contributed by atoms with Crippen molar-refractivity contribution in [2.45, 2.75) is 0 Å². The lowest BCUT2D eigenvalue weighted by Gasteiger charge is -2.06. The summed E-state index contributed by atoms with van der Waals surface area (Å²) in [5.74, 6) is 0.575. The number of fused-ring (bicyclic) bond motifs is 1. The minimum Gasteiger partial charge on any atom is -0.361 e. The Morgan fingerprint density at radius 2 is 2.17 bits per heavy atom. The molecule has 0 radical (unpaired) electrons. The fourth-order valence-electron chi connectivity index (χ4n) is 1.86.